The van der Waals surface area contributed by atoms with Crippen molar-refractivity contribution in [3.05, 3.63) is 36.0 Å². The Balaban J connectivity index is 2.07. The van der Waals surface area contributed by atoms with Gasteiger partial charge >= 0.3 is 0 Å². The van der Waals surface area contributed by atoms with E-state index in [0.29, 0.717) is 22.7 Å². The molecule has 3 heterocycles. The zero-order valence-electron chi connectivity index (χ0n) is 10.2. The summed E-state index contributed by atoms with van der Waals surface area (Å²) in [6.07, 6.45) is 1.52. The van der Waals surface area contributed by atoms with Gasteiger partial charge in [-0.3, -0.25) is 4.98 Å². The third-order valence-corrected chi connectivity index (χ3v) is 2.74. The molecular weight excluding hydrogens is 240 g/mol. The van der Waals surface area contributed by atoms with Gasteiger partial charge < -0.3 is 10.3 Å². The van der Waals surface area contributed by atoms with Crippen molar-refractivity contribution in [2.75, 3.05) is 12.4 Å². The van der Waals surface area contributed by atoms with Gasteiger partial charge in [0.2, 0.25) is 0 Å². The van der Waals surface area contributed by atoms with E-state index < -0.39 is 0 Å². The SMILES string of the molecule is CNc1ccc2[nH]c(-c3ccc(C#N)cn3)nc2n1. The number of anilines is 1. The molecule has 0 aliphatic heterocycles. The molecule has 0 aliphatic carbocycles. The fourth-order valence-electron chi connectivity index (χ4n) is 1.75. The van der Waals surface area contributed by atoms with Gasteiger partial charge in [-0.05, 0) is 24.3 Å². The molecule has 0 bridgehead atoms. The summed E-state index contributed by atoms with van der Waals surface area (Å²) in [4.78, 5) is 16.1. The minimum Gasteiger partial charge on any atom is -0.373 e. The highest BCUT2D eigenvalue weighted by molar-refractivity contribution is 5.76. The maximum absolute atomic E-state index is 8.74. The predicted molar refractivity (Wildman–Crippen MR) is 71.4 cm³/mol. The first-order chi connectivity index (χ1) is 9.30. The van der Waals surface area contributed by atoms with Crippen LogP contribution in [-0.2, 0) is 0 Å². The summed E-state index contributed by atoms with van der Waals surface area (Å²) in [5.74, 6) is 1.40. The molecule has 3 rings (SSSR count). The fraction of sp³-hybridized carbons (Fsp3) is 0.0769. The van der Waals surface area contributed by atoms with E-state index in [1.165, 1.54) is 6.20 Å². The average Bonchev–Trinajstić information content (AvgIpc) is 2.90. The lowest BCUT2D eigenvalue weighted by Gasteiger charge is -1.95. The van der Waals surface area contributed by atoms with E-state index in [1.807, 2.05) is 25.2 Å². The van der Waals surface area contributed by atoms with E-state index in [0.717, 1.165) is 11.3 Å². The van der Waals surface area contributed by atoms with Crippen LogP contribution in [-0.4, -0.2) is 27.0 Å². The lowest BCUT2D eigenvalue weighted by molar-refractivity contribution is 1.22. The van der Waals surface area contributed by atoms with Crippen LogP contribution in [0.4, 0.5) is 5.82 Å². The molecule has 0 aliphatic rings. The molecule has 19 heavy (non-hydrogen) atoms. The molecule has 0 spiro atoms. The highest BCUT2D eigenvalue weighted by atomic mass is 15.0. The molecular formula is C13H10N6. The van der Waals surface area contributed by atoms with Gasteiger partial charge in [0.25, 0.3) is 0 Å². The molecule has 0 unspecified atom stereocenters. The molecule has 0 amide bonds. The molecule has 0 aromatic carbocycles. The van der Waals surface area contributed by atoms with Crippen molar-refractivity contribution in [2.24, 2.45) is 0 Å². The number of nitrogens with one attached hydrogen (secondary N) is 2. The smallest absolute Gasteiger partial charge is 0.180 e. The first-order valence-electron chi connectivity index (χ1n) is 5.71. The van der Waals surface area contributed by atoms with Crippen molar-refractivity contribution in [3.63, 3.8) is 0 Å². The van der Waals surface area contributed by atoms with Gasteiger partial charge in [0.1, 0.15) is 17.6 Å². The van der Waals surface area contributed by atoms with E-state index in [1.54, 1.807) is 12.1 Å². The zero-order chi connectivity index (χ0) is 13.2. The minimum atomic E-state index is 0.524. The fourth-order valence-corrected chi connectivity index (χ4v) is 1.75. The predicted octanol–water partition coefficient (Wildman–Crippen LogP) is 1.93. The maximum atomic E-state index is 8.74. The summed E-state index contributed by atoms with van der Waals surface area (Å²) in [5, 5.41) is 11.7. The Morgan fingerprint density at radius 1 is 1.21 bits per heavy atom. The number of nitriles is 1. The minimum absolute atomic E-state index is 0.524. The number of hydrogen-bond donors (Lipinski definition) is 2. The lowest BCUT2D eigenvalue weighted by atomic mass is 10.2. The Bertz CT molecular complexity index is 766. The molecule has 6 heteroatoms. The third kappa shape index (κ3) is 1.98. The summed E-state index contributed by atoms with van der Waals surface area (Å²) in [6.45, 7) is 0. The van der Waals surface area contributed by atoms with Gasteiger partial charge in [-0.2, -0.15) is 5.26 Å². The van der Waals surface area contributed by atoms with Gasteiger partial charge in [0, 0.05) is 13.2 Å². The highest BCUT2D eigenvalue weighted by Crippen LogP contribution is 2.19. The first-order valence-corrected chi connectivity index (χ1v) is 5.71. The van der Waals surface area contributed by atoms with Crippen LogP contribution >= 0.6 is 0 Å². The van der Waals surface area contributed by atoms with Crippen LogP contribution in [0.25, 0.3) is 22.7 Å². The summed E-state index contributed by atoms with van der Waals surface area (Å²) < 4.78 is 0. The molecule has 3 aromatic heterocycles. The van der Waals surface area contributed by atoms with Crippen LogP contribution in [0.5, 0.6) is 0 Å². The molecule has 3 aromatic rings. The summed E-state index contributed by atoms with van der Waals surface area (Å²) in [7, 11) is 1.81. The Hall–Kier alpha value is -2.94. The van der Waals surface area contributed by atoms with Gasteiger partial charge in [-0.15, -0.1) is 0 Å². The normalized spacial score (nSPS) is 10.3. The van der Waals surface area contributed by atoms with Gasteiger partial charge in [-0.1, -0.05) is 0 Å². The Morgan fingerprint density at radius 3 is 2.79 bits per heavy atom. The van der Waals surface area contributed by atoms with E-state index >= 15 is 0 Å². The first kappa shape index (κ1) is 11.2. The number of imidazole rings is 1. The van der Waals surface area contributed by atoms with Gasteiger partial charge in [0.05, 0.1) is 11.1 Å². The number of hydrogen-bond acceptors (Lipinski definition) is 5. The molecule has 0 atom stereocenters. The summed E-state index contributed by atoms with van der Waals surface area (Å²) >= 11 is 0. The van der Waals surface area contributed by atoms with Gasteiger partial charge in [-0.25, -0.2) is 9.97 Å². The average molecular weight is 250 g/mol. The van der Waals surface area contributed by atoms with Crippen LogP contribution in [0.3, 0.4) is 0 Å². The van der Waals surface area contributed by atoms with Crippen molar-refractivity contribution in [2.45, 2.75) is 0 Å². The third-order valence-electron chi connectivity index (χ3n) is 2.74. The zero-order valence-corrected chi connectivity index (χ0v) is 10.2. The van der Waals surface area contributed by atoms with Crippen molar-refractivity contribution in [1.82, 2.24) is 19.9 Å². The maximum Gasteiger partial charge on any atom is 0.180 e. The molecule has 2 N–H and O–H groups in total. The number of nitrogens with zero attached hydrogens (tertiary/aromatic N) is 4. The van der Waals surface area contributed by atoms with Crippen molar-refractivity contribution < 1.29 is 0 Å². The van der Waals surface area contributed by atoms with Gasteiger partial charge in [0.15, 0.2) is 11.5 Å². The van der Waals surface area contributed by atoms with Crippen molar-refractivity contribution in [1.29, 1.82) is 5.26 Å². The molecule has 0 saturated heterocycles. The number of H-pyrrole nitrogens is 1. The number of aromatic amines is 1. The highest BCUT2D eigenvalue weighted by Gasteiger charge is 2.08. The van der Waals surface area contributed by atoms with Crippen molar-refractivity contribution >= 4 is 17.0 Å². The Morgan fingerprint density at radius 2 is 2.11 bits per heavy atom. The lowest BCUT2D eigenvalue weighted by Crippen LogP contribution is -1.91. The number of rotatable bonds is 2. The quantitative estimate of drug-likeness (QED) is 0.725. The van der Waals surface area contributed by atoms with Crippen LogP contribution in [0.15, 0.2) is 30.5 Å². The number of aromatic nitrogens is 4. The Labute approximate surface area is 109 Å². The Kier molecular flexibility index (Phi) is 2.58. The van der Waals surface area contributed by atoms with E-state index in [4.69, 9.17) is 5.26 Å². The van der Waals surface area contributed by atoms with E-state index in [-0.39, 0.29) is 0 Å². The second-order valence-electron chi connectivity index (χ2n) is 3.95. The second-order valence-corrected chi connectivity index (χ2v) is 3.95. The van der Waals surface area contributed by atoms with Crippen LogP contribution in [0.2, 0.25) is 0 Å². The standard InChI is InChI=1S/C13H10N6/c1-15-11-5-4-10-13(18-11)19-12(17-10)9-3-2-8(6-14)7-16-9/h2-5,7H,1H3,(H2,15,17,18,19). The molecule has 92 valence electrons. The summed E-state index contributed by atoms with van der Waals surface area (Å²) in [5.41, 5.74) is 2.69. The largest absolute Gasteiger partial charge is 0.373 e. The van der Waals surface area contributed by atoms with E-state index in [9.17, 15) is 0 Å². The van der Waals surface area contributed by atoms with Crippen LogP contribution < -0.4 is 5.32 Å². The molecule has 0 radical (unpaired) electrons. The number of pyridine rings is 2. The van der Waals surface area contributed by atoms with Crippen LogP contribution in [0, 0.1) is 11.3 Å². The van der Waals surface area contributed by atoms with Crippen LogP contribution in [0.1, 0.15) is 5.56 Å². The molecule has 6 nitrogen and oxygen atoms in total. The second kappa shape index (κ2) is 4.38. The molecule has 0 fully saturated rings. The monoisotopic (exact) mass is 250 g/mol. The van der Waals surface area contributed by atoms with E-state index in [2.05, 4.69) is 25.3 Å². The van der Waals surface area contributed by atoms with Crippen molar-refractivity contribution in [3.8, 4) is 17.6 Å². The summed E-state index contributed by atoms with van der Waals surface area (Å²) in [6, 6.07) is 9.29. The molecule has 0 saturated carbocycles. The topological polar surface area (TPSA) is 90.3 Å². The number of fused-ring (bicyclic) bond motifs is 1.